The van der Waals surface area contributed by atoms with Crippen LogP contribution in [0.25, 0.3) is 6.08 Å². The zero-order valence-corrected chi connectivity index (χ0v) is 20.2. The number of rotatable bonds is 6. The highest BCUT2D eigenvalue weighted by Crippen LogP contribution is 2.46. The summed E-state index contributed by atoms with van der Waals surface area (Å²) < 4.78 is 13.5. The van der Waals surface area contributed by atoms with Gasteiger partial charge in [-0.3, -0.25) is 0 Å². The lowest BCUT2D eigenvalue weighted by molar-refractivity contribution is 0.199. The van der Waals surface area contributed by atoms with E-state index >= 15 is 0 Å². The van der Waals surface area contributed by atoms with E-state index in [1.807, 2.05) is 6.07 Å². The lowest BCUT2D eigenvalue weighted by atomic mass is 10.1. The maximum atomic E-state index is 7.14. The van der Waals surface area contributed by atoms with Crippen LogP contribution in [-0.2, 0) is 4.43 Å². The number of fused-ring (bicyclic) bond motifs is 1. The molecule has 0 spiro atoms. The molecule has 3 heteroatoms. The summed E-state index contributed by atoms with van der Waals surface area (Å²) in [7, 11) is -2.47. The van der Waals surface area contributed by atoms with E-state index in [4.69, 9.17) is 9.16 Å². The van der Waals surface area contributed by atoms with Crippen molar-refractivity contribution >= 4 is 24.8 Å². The molecular weight excluding hydrogens is 408 g/mol. The molecule has 5 rings (SSSR count). The van der Waals surface area contributed by atoms with Crippen LogP contribution in [-0.4, -0.2) is 21.0 Å². The Bertz CT molecular complexity index is 1050. The summed E-state index contributed by atoms with van der Waals surface area (Å²) in [6, 6.07) is 30.1. The molecule has 164 valence electrons. The van der Waals surface area contributed by atoms with Gasteiger partial charge in [-0.25, -0.2) is 0 Å². The molecule has 0 aromatic heterocycles. The van der Waals surface area contributed by atoms with E-state index in [2.05, 4.69) is 112 Å². The van der Waals surface area contributed by atoms with Crippen LogP contribution in [0.4, 0.5) is 0 Å². The second-order valence-electron chi connectivity index (χ2n) is 10.1. The molecule has 1 saturated carbocycles. The molecule has 32 heavy (non-hydrogen) atoms. The smallest absolute Gasteiger partial charge is 0.261 e. The molecule has 0 saturated heterocycles. The molecule has 0 radical (unpaired) electrons. The fourth-order valence-corrected chi connectivity index (χ4v) is 9.82. The van der Waals surface area contributed by atoms with Crippen molar-refractivity contribution in [3.63, 3.8) is 0 Å². The minimum atomic E-state index is -2.47. The van der Waals surface area contributed by atoms with Crippen LogP contribution >= 0.6 is 0 Å². The highest BCUT2D eigenvalue weighted by Gasteiger charge is 2.52. The zero-order valence-electron chi connectivity index (χ0n) is 19.2. The molecular formula is C29H32O2Si. The molecule has 0 bridgehead atoms. The Morgan fingerprint density at radius 3 is 2.06 bits per heavy atom. The van der Waals surface area contributed by atoms with Gasteiger partial charge in [-0.1, -0.05) is 106 Å². The minimum absolute atomic E-state index is 0.0142. The first-order valence-corrected chi connectivity index (χ1v) is 13.6. The van der Waals surface area contributed by atoms with Crippen molar-refractivity contribution in [1.29, 1.82) is 0 Å². The fourth-order valence-electron chi connectivity index (χ4n) is 5.20. The Morgan fingerprint density at radius 1 is 0.844 bits per heavy atom. The summed E-state index contributed by atoms with van der Waals surface area (Å²) in [5.41, 5.74) is 1.17. The van der Waals surface area contributed by atoms with E-state index in [0.717, 1.165) is 18.8 Å². The van der Waals surface area contributed by atoms with Gasteiger partial charge in [0, 0.05) is 18.1 Å². The van der Waals surface area contributed by atoms with Gasteiger partial charge in [0.2, 0.25) is 0 Å². The second kappa shape index (κ2) is 8.38. The van der Waals surface area contributed by atoms with Crippen molar-refractivity contribution in [1.82, 2.24) is 0 Å². The lowest BCUT2D eigenvalue weighted by Crippen LogP contribution is -2.66. The molecule has 2 aliphatic rings. The minimum Gasteiger partial charge on any atom is -0.485 e. The highest BCUT2D eigenvalue weighted by atomic mass is 28.4. The largest absolute Gasteiger partial charge is 0.485 e. The van der Waals surface area contributed by atoms with E-state index in [9.17, 15) is 0 Å². The van der Waals surface area contributed by atoms with Crippen molar-refractivity contribution in [2.45, 2.75) is 38.3 Å². The molecule has 0 amide bonds. The highest BCUT2D eigenvalue weighted by molar-refractivity contribution is 6.99. The van der Waals surface area contributed by atoms with E-state index in [1.165, 1.54) is 15.9 Å². The van der Waals surface area contributed by atoms with Gasteiger partial charge in [-0.05, 0) is 39.9 Å². The Balaban J connectivity index is 1.38. The van der Waals surface area contributed by atoms with Crippen molar-refractivity contribution < 1.29 is 9.16 Å². The number of para-hydroxylation sites is 1. The summed E-state index contributed by atoms with van der Waals surface area (Å²) in [6.45, 7) is 7.81. The Morgan fingerprint density at radius 2 is 1.44 bits per heavy atom. The molecule has 1 aliphatic carbocycles. The number of hydrogen-bond donors (Lipinski definition) is 0. The summed E-state index contributed by atoms with van der Waals surface area (Å²) >= 11 is 0. The zero-order chi connectivity index (χ0) is 22.2. The Hall–Kier alpha value is -2.62. The predicted octanol–water partition coefficient (Wildman–Crippen LogP) is 5.67. The quantitative estimate of drug-likeness (QED) is 0.460. The van der Waals surface area contributed by atoms with Crippen molar-refractivity contribution in [2.75, 3.05) is 6.61 Å². The Labute approximate surface area is 193 Å². The van der Waals surface area contributed by atoms with Crippen molar-refractivity contribution in [2.24, 2.45) is 11.8 Å². The van der Waals surface area contributed by atoms with Crippen LogP contribution in [0.1, 0.15) is 32.8 Å². The summed E-state index contributed by atoms with van der Waals surface area (Å²) in [6.07, 6.45) is 5.75. The molecule has 3 atom stereocenters. The first kappa shape index (κ1) is 21.2. The van der Waals surface area contributed by atoms with Crippen LogP contribution in [0.5, 0.6) is 5.75 Å². The molecule has 3 aromatic rings. The predicted molar refractivity (Wildman–Crippen MR) is 135 cm³/mol. The molecule has 1 unspecified atom stereocenters. The van der Waals surface area contributed by atoms with Gasteiger partial charge >= 0.3 is 0 Å². The molecule has 1 heterocycles. The van der Waals surface area contributed by atoms with Gasteiger partial charge in [0.1, 0.15) is 11.9 Å². The van der Waals surface area contributed by atoms with E-state index < -0.39 is 8.32 Å². The first-order valence-electron chi connectivity index (χ1n) is 11.7. The maximum Gasteiger partial charge on any atom is 0.261 e. The summed E-state index contributed by atoms with van der Waals surface area (Å²) in [5.74, 6) is 2.06. The van der Waals surface area contributed by atoms with E-state index in [0.29, 0.717) is 11.8 Å². The van der Waals surface area contributed by atoms with Gasteiger partial charge in [0.25, 0.3) is 8.32 Å². The van der Waals surface area contributed by atoms with Crippen LogP contribution in [0.2, 0.25) is 5.04 Å². The molecule has 0 N–H and O–H groups in total. The second-order valence-corrected chi connectivity index (χ2v) is 14.4. The average molecular weight is 441 g/mol. The SMILES string of the molecule is CC(C)(C)[Si](OC[C@@H]1C[C@H]1C1C=Cc2ccccc2O1)(c1ccccc1)c1ccccc1. The third-order valence-corrected chi connectivity index (χ3v) is 12.0. The normalized spacial score (nSPS) is 22.2. The standard InChI is InChI=1S/C29H32O2Si/c1-29(2,3)32(24-13-6-4-7-14-24,25-15-8-5-9-16-25)30-21-23-20-26(23)28-19-18-22-12-10-11-17-27(22)31-28/h4-19,23,26,28H,20-21H2,1-3H3/t23-,26+,28?/m0/s1. The number of ether oxygens (including phenoxy) is 1. The van der Waals surface area contributed by atoms with E-state index in [-0.39, 0.29) is 11.1 Å². The molecule has 2 nitrogen and oxygen atoms in total. The third-order valence-electron chi connectivity index (χ3n) is 6.98. The van der Waals surface area contributed by atoms with Gasteiger partial charge in [0.15, 0.2) is 0 Å². The number of hydrogen-bond acceptors (Lipinski definition) is 2. The third kappa shape index (κ3) is 3.85. The summed E-state index contributed by atoms with van der Waals surface area (Å²) in [4.78, 5) is 0. The maximum absolute atomic E-state index is 7.14. The summed E-state index contributed by atoms with van der Waals surface area (Å²) in [5, 5.41) is 2.71. The number of benzene rings is 3. The van der Waals surface area contributed by atoms with Gasteiger partial charge in [-0.2, -0.15) is 0 Å². The first-order chi connectivity index (χ1) is 15.5. The van der Waals surface area contributed by atoms with Crippen LogP contribution in [0.3, 0.4) is 0 Å². The van der Waals surface area contributed by atoms with Crippen LogP contribution in [0, 0.1) is 11.8 Å². The molecule has 1 aliphatic heterocycles. The van der Waals surface area contributed by atoms with E-state index in [1.54, 1.807) is 0 Å². The fraction of sp³-hybridized carbons (Fsp3) is 0.310. The van der Waals surface area contributed by atoms with Gasteiger partial charge in [-0.15, -0.1) is 0 Å². The molecule has 1 fully saturated rings. The average Bonchev–Trinajstić information content (AvgIpc) is 3.59. The van der Waals surface area contributed by atoms with Crippen molar-refractivity contribution in [3.05, 3.63) is 96.6 Å². The van der Waals surface area contributed by atoms with Gasteiger partial charge < -0.3 is 9.16 Å². The monoisotopic (exact) mass is 440 g/mol. The van der Waals surface area contributed by atoms with Crippen LogP contribution in [0.15, 0.2) is 91.0 Å². The van der Waals surface area contributed by atoms with Crippen molar-refractivity contribution in [3.8, 4) is 5.75 Å². The topological polar surface area (TPSA) is 18.5 Å². The molecule has 3 aromatic carbocycles. The Kier molecular flexibility index (Phi) is 5.56. The lowest BCUT2D eigenvalue weighted by Gasteiger charge is -2.43. The van der Waals surface area contributed by atoms with Gasteiger partial charge in [0.05, 0.1) is 0 Å². The van der Waals surface area contributed by atoms with Crippen LogP contribution < -0.4 is 15.1 Å².